The van der Waals surface area contributed by atoms with Crippen LogP contribution in [-0.4, -0.2) is 57.2 Å². The second-order valence-corrected chi connectivity index (χ2v) is 5.78. The third kappa shape index (κ3) is 4.24. The van der Waals surface area contributed by atoms with E-state index in [0.717, 1.165) is 37.4 Å². The number of rotatable bonds is 6. The Morgan fingerprint density at radius 2 is 2.09 bits per heavy atom. The van der Waals surface area contributed by atoms with Crippen LogP contribution in [0.1, 0.15) is 19.3 Å². The Bertz CT molecular complexity index is 607. The van der Waals surface area contributed by atoms with Gasteiger partial charge >= 0.3 is 0 Å². The lowest BCUT2D eigenvalue weighted by atomic mass is 10.0. The van der Waals surface area contributed by atoms with Gasteiger partial charge in [0.15, 0.2) is 0 Å². The van der Waals surface area contributed by atoms with Gasteiger partial charge in [-0.1, -0.05) is 12.5 Å². The van der Waals surface area contributed by atoms with Crippen molar-refractivity contribution < 1.29 is 5.11 Å². The maximum absolute atomic E-state index is 9.45. The Morgan fingerprint density at radius 1 is 1.13 bits per heavy atom. The van der Waals surface area contributed by atoms with E-state index in [1.165, 1.54) is 12.8 Å². The van der Waals surface area contributed by atoms with Gasteiger partial charge in [-0.05, 0) is 37.6 Å². The number of hydrogen-bond donors (Lipinski definition) is 2. The van der Waals surface area contributed by atoms with E-state index in [-0.39, 0.29) is 6.61 Å². The van der Waals surface area contributed by atoms with Crippen LogP contribution in [0.15, 0.2) is 36.7 Å². The fraction of sp³-hybridized carbons (Fsp3) is 0.471. The minimum atomic E-state index is 0.242. The highest BCUT2D eigenvalue weighted by atomic mass is 16.3. The number of aliphatic hydroxyl groups excluding tert-OH is 1. The Hall–Kier alpha value is -2.05. The molecule has 2 aromatic heterocycles. The summed E-state index contributed by atoms with van der Waals surface area (Å²) in [4.78, 5) is 15.4. The summed E-state index contributed by atoms with van der Waals surface area (Å²) < 4.78 is 0. The summed E-state index contributed by atoms with van der Waals surface area (Å²) in [6.45, 7) is 2.96. The van der Waals surface area contributed by atoms with Crippen LogP contribution < -0.4 is 5.32 Å². The fourth-order valence-electron chi connectivity index (χ4n) is 2.97. The van der Waals surface area contributed by atoms with Crippen molar-refractivity contribution in [3.8, 4) is 11.4 Å². The Kier molecular flexibility index (Phi) is 5.50. The molecule has 3 heterocycles. The van der Waals surface area contributed by atoms with Crippen LogP contribution in [-0.2, 0) is 0 Å². The molecule has 2 N–H and O–H groups in total. The van der Waals surface area contributed by atoms with Gasteiger partial charge in [0.25, 0.3) is 0 Å². The van der Waals surface area contributed by atoms with Crippen LogP contribution in [0.2, 0.25) is 0 Å². The predicted octanol–water partition coefficient (Wildman–Crippen LogP) is 1.80. The standard InChI is InChI=1S/C17H23N5O/c23-13-14-5-2-4-11-22(14)12-10-20-17-19-9-7-16(21-17)15-6-1-3-8-18-15/h1,3,6-9,14,23H,2,4-5,10-13H2,(H,19,20,21)/t14-/m1/s1. The number of piperidine rings is 1. The monoisotopic (exact) mass is 313 g/mol. The molecule has 1 aliphatic rings. The highest BCUT2D eigenvalue weighted by Crippen LogP contribution is 2.16. The highest BCUT2D eigenvalue weighted by molar-refractivity contribution is 5.54. The molecule has 3 rings (SSSR count). The molecule has 0 aliphatic carbocycles. The van der Waals surface area contributed by atoms with Crippen molar-refractivity contribution in [1.29, 1.82) is 0 Å². The highest BCUT2D eigenvalue weighted by Gasteiger charge is 2.20. The number of aliphatic hydroxyl groups is 1. The first kappa shape index (κ1) is 15.8. The van der Waals surface area contributed by atoms with Crippen molar-refractivity contribution in [3.63, 3.8) is 0 Å². The topological polar surface area (TPSA) is 74.2 Å². The van der Waals surface area contributed by atoms with E-state index >= 15 is 0 Å². The predicted molar refractivity (Wildman–Crippen MR) is 90.1 cm³/mol. The van der Waals surface area contributed by atoms with E-state index in [0.29, 0.717) is 12.0 Å². The number of nitrogens with one attached hydrogen (secondary N) is 1. The van der Waals surface area contributed by atoms with Crippen LogP contribution in [0.4, 0.5) is 5.95 Å². The molecule has 6 nitrogen and oxygen atoms in total. The zero-order chi connectivity index (χ0) is 15.9. The summed E-state index contributed by atoms with van der Waals surface area (Å²) in [5, 5.41) is 12.7. The molecule has 122 valence electrons. The molecule has 1 aliphatic heterocycles. The van der Waals surface area contributed by atoms with Crippen molar-refractivity contribution in [3.05, 3.63) is 36.7 Å². The van der Waals surface area contributed by atoms with Gasteiger partial charge in [0.2, 0.25) is 5.95 Å². The molecular formula is C17H23N5O. The third-order valence-corrected chi connectivity index (χ3v) is 4.22. The molecule has 0 unspecified atom stereocenters. The van der Waals surface area contributed by atoms with E-state index in [2.05, 4.69) is 25.2 Å². The first-order valence-corrected chi connectivity index (χ1v) is 8.20. The van der Waals surface area contributed by atoms with Crippen LogP contribution >= 0.6 is 0 Å². The number of likely N-dealkylation sites (tertiary alicyclic amines) is 1. The van der Waals surface area contributed by atoms with Gasteiger partial charge in [0.05, 0.1) is 18.0 Å². The van der Waals surface area contributed by atoms with Crippen LogP contribution in [0, 0.1) is 0 Å². The minimum Gasteiger partial charge on any atom is -0.395 e. The average Bonchev–Trinajstić information content (AvgIpc) is 2.63. The second-order valence-electron chi connectivity index (χ2n) is 5.78. The van der Waals surface area contributed by atoms with E-state index in [4.69, 9.17) is 0 Å². The van der Waals surface area contributed by atoms with Gasteiger partial charge < -0.3 is 10.4 Å². The van der Waals surface area contributed by atoms with Gasteiger partial charge in [-0.3, -0.25) is 9.88 Å². The molecule has 0 spiro atoms. The SMILES string of the molecule is OC[C@H]1CCCCN1CCNc1nccc(-c2ccccn2)n1. The molecule has 0 radical (unpaired) electrons. The summed E-state index contributed by atoms with van der Waals surface area (Å²) in [5.74, 6) is 0.616. The van der Waals surface area contributed by atoms with Gasteiger partial charge in [-0.25, -0.2) is 9.97 Å². The average molecular weight is 313 g/mol. The number of anilines is 1. The molecule has 0 aromatic carbocycles. The molecule has 1 atom stereocenters. The Balaban J connectivity index is 1.56. The van der Waals surface area contributed by atoms with Crippen LogP contribution in [0.25, 0.3) is 11.4 Å². The largest absolute Gasteiger partial charge is 0.395 e. The zero-order valence-corrected chi connectivity index (χ0v) is 13.2. The van der Waals surface area contributed by atoms with Crippen molar-refractivity contribution in [2.45, 2.75) is 25.3 Å². The maximum Gasteiger partial charge on any atom is 0.223 e. The fourth-order valence-corrected chi connectivity index (χ4v) is 2.97. The van der Waals surface area contributed by atoms with Crippen molar-refractivity contribution in [2.24, 2.45) is 0 Å². The third-order valence-electron chi connectivity index (χ3n) is 4.22. The normalized spacial score (nSPS) is 18.7. The first-order chi connectivity index (χ1) is 11.4. The molecule has 0 amide bonds. The van der Waals surface area contributed by atoms with Gasteiger partial charge in [-0.2, -0.15) is 0 Å². The number of hydrogen-bond acceptors (Lipinski definition) is 6. The maximum atomic E-state index is 9.45. The summed E-state index contributed by atoms with van der Waals surface area (Å²) in [6, 6.07) is 7.93. The summed E-state index contributed by atoms with van der Waals surface area (Å²) in [5.41, 5.74) is 1.66. The van der Waals surface area contributed by atoms with Crippen molar-refractivity contribution in [2.75, 3.05) is 31.6 Å². The van der Waals surface area contributed by atoms with Gasteiger partial charge in [-0.15, -0.1) is 0 Å². The molecule has 0 bridgehead atoms. The minimum absolute atomic E-state index is 0.242. The van der Waals surface area contributed by atoms with E-state index < -0.39 is 0 Å². The van der Waals surface area contributed by atoms with Gasteiger partial charge in [0, 0.05) is 31.5 Å². The molecule has 1 fully saturated rings. The number of nitrogens with zero attached hydrogens (tertiary/aromatic N) is 4. The van der Waals surface area contributed by atoms with E-state index in [1.807, 2.05) is 24.3 Å². The quantitative estimate of drug-likeness (QED) is 0.847. The van der Waals surface area contributed by atoms with Gasteiger partial charge in [0.1, 0.15) is 0 Å². The molecule has 0 saturated carbocycles. The molecule has 1 saturated heterocycles. The lowest BCUT2D eigenvalue weighted by molar-refractivity contribution is 0.0940. The lowest BCUT2D eigenvalue weighted by Crippen LogP contribution is -2.44. The first-order valence-electron chi connectivity index (χ1n) is 8.20. The molecular weight excluding hydrogens is 290 g/mol. The lowest BCUT2D eigenvalue weighted by Gasteiger charge is -2.34. The van der Waals surface area contributed by atoms with Crippen LogP contribution in [0.5, 0.6) is 0 Å². The van der Waals surface area contributed by atoms with Crippen molar-refractivity contribution >= 4 is 5.95 Å². The zero-order valence-electron chi connectivity index (χ0n) is 13.2. The second kappa shape index (κ2) is 7.99. The Labute approximate surface area is 136 Å². The smallest absolute Gasteiger partial charge is 0.223 e. The number of aromatic nitrogens is 3. The van der Waals surface area contributed by atoms with E-state index in [1.54, 1.807) is 12.4 Å². The molecule has 2 aromatic rings. The number of pyridine rings is 1. The van der Waals surface area contributed by atoms with Crippen molar-refractivity contribution in [1.82, 2.24) is 19.9 Å². The Morgan fingerprint density at radius 3 is 2.91 bits per heavy atom. The van der Waals surface area contributed by atoms with E-state index in [9.17, 15) is 5.11 Å². The van der Waals surface area contributed by atoms with Crippen LogP contribution in [0.3, 0.4) is 0 Å². The summed E-state index contributed by atoms with van der Waals surface area (Å²) >= 11 is 0. The summed E-state index contributed by atoms with van der Waals surface area (Å²) in [6.07, 6.45) is 7.02. The molecule has 23 heavy (non-hydrogen) atoms. The summed E-state index contributed by atoms with van der Waals surface area (Å²) in [7, 11) is 0. The molecule has 6 heteroatoms.